The van der Waals surface area contributed by atoms with Gasteiger partial charge < -0.3 is 10.3 Å². The fourth-order valence-electron chi connectivity index (χ4n) is 3.35. The molecule has 0 saturated heterocycles. The molecule has 156 valence electrons. The van der Waals surface area contributed by atoms with Gasteiger partial charge in [-0.15, -0.1) is 0 Å². The third-order valence-corrected chi connectivity index (χ3v) is 4.82. The fourth-order valence-corrected chi connectivity index (χ4v) is 3.35. The van der Waals surface area contributed by atoms with Gasteiger partial charge in [-0.2, -0.15) is 5.10 Å². The molecule has 4 rings (SSSR count). The number of aromatic amines is 1. The topological polar surface area (TPSA) is 88.0 Å². The number of carbonyl (C=O) groups excluding carboxylic acids is 1. The molecule has 2 N–H and O–H groups in total. The Kier molecular flexibility index (Phi) is 5.01. The minimum atomic E-state index is -1.48. The molecule has 1 amide bonds. The van der Waals surface area contributed by atoms with Crippen LogP contribution in [0.5, 0.6) is 0 Å². The highest BCUT2D eigenvalue weighted by Gasteiger charge is 2.20. The molecule has 7 nitrogen and oxygen atoms in total. The summed E-state index contributed by atoms with van der Waals surface area (Å²) in [6, 6.07) is 3.82. The van der Waals surface area contributed by atoms with Crippen LogP contribution in [0.4, 0.5) is 4.39 Å². The molecule has 0 bridgehead atoms. The van der Waals surface area contributed by atoms with Crippen molar-refractivity contribution in [3.8, 4) is 11.1 Å². The van der Waals surface area contributed by atoms with E-state index in [0.29, 0.717) is 17.0 Å². The molecule has 30 heavy (non-hydrogen) atoms. The molecule has 0 unspecified atom stereocenters. The molecule has 0 spiro atoms. The molecule has 4 aromatic heterocycles. The Bertz CT molecular complexity index is 1220. The van der Waals surface area contributed by atoms with Crippen LogP contribution >= 0.6 is 0 Å². The van der Waals surface area contributed by atoms with Gasteiger partial charge in [-0.1, -0.05) is 13.8 Å². The number of carbonyl (C=O) groups is 1. The predicted octanol–water partition coefficient (Wildman–Crippen LogP) is 3.95. The first-order valence-electron chi connectivity index (χ1n) is 9.99. The van der Waals surface area contributed by atoms with Gasteiger partial charge in [-0.3, -0.25) is 4.79 Å². The number of alkyl halides is 1. The van der Waals surface area contributed by atoms with E-state index < -0.39 is 5.67 Å². The number of nitrogens with one attached hydrogen (secondary N) is 2. The quantitative estimate of drug-likeness (QED) is 0.506. The summed E-state index contributed by atoms with van der Waals surface area (Å²) in [7, 11) is 0. The fraction of sp³-hybridized carbons (Fsp3) is 0.364. The van der Waals surface area contributed by atoms with Crippen molar-refractivity contribution in [1.29, 1.82) is 0 Å². The van der Waals surface area contributed by atoms with E-state index in [-0.39, 0.29) is 12.5 Å². The van der Waals surface area contributed by atoms with Crippen LogP contribution < -0.4 is 5.32 Å². The molecule has 0 saturated carbocycles. The van der Waals surface area contributed by atoms with Crippen LogP contribution in [0.2, 0.25) is 0 Å². The maximum absolute atomic E-state index is 13.8. The molecular formula is C22H25FN6O. The van der Waals surface area contributed by atoms with E-state index in [1.807, 2.05) is 24.5 Å². The van der Waals surface area contributed by atoms with Crippen molar-refractivity contribution in [3.05, 3.63) is 48.3 Å². The second kappa shape index (κ2) is 7.51. The number of nitrogens with zero attached hydrogens (tertiary/aromatic N) is 4. The lowest BCUT2D eigenvalue weighted by Crippen LogP contribution is -2.35. The summed E-state index contributed by atoms with van der Waals surface area (Å²) in [6.45, 7) is 7.05. The van der Waals surface area contributed by atoms with Crippen molar-refractivity contribution in [2.75, 3.05) is 6.54 Å². The molecule has 0 aliphatic rings. The Morgan fingerprint density at radius 2 is 2.13 bits per heavy atom. The van der Waals surface area contributed by atoms with E-state index in [9.17, 15) is 9.18 Å². The number of H-pyrrole nitrogens is 1. The van der Waals surface area contributed by atoms with E-state index in [1.54, 1.807) is 10.7 Å². The summed E-state index contributed by atoms with van der Waals surface area (Å²) in [5, 5.41) is 7.78. The maximum atomic E-state index is 13.8. The van der Waals surface area contributed by atoms with Crippen LogP contribution in [-0.2, 0) is 6.42 Å². The second-order valence-electron chi connectivity index (χ2n) is 8.55. The van der Waals surface area contributed by atoms with Crippen molar-refractivity contribution >= 4 is 22.5 Å². The minimum absolute atomic E-state index is 0.0681. The molecule has 0 aliphatic carbocycles. The second-order valence-corrected chi connectivity index (χ2v) is 8.55. The molecule has 4 heterocycles. The van der Waals surface area contributed by atoms with Crippen molar-refractivity contribution in [3.63, 3.8) is 0 Å². The SMILES string of the molecule is CC(C)Cc1ncc2c(-c3ccn4ncc(C(=O)NCC(C)(C)F)c4c3)c[nH]c2n1. The van der Waals surface area contributed by atoms with Crippen LogP contribution in [-0.4, -0.2) is 42.7 Å². The van der Waals surface area contributed by atoms with Gasteiger partial charge in [0.25, 0.3) is 5.91 Å². The minimum Gasteiger partial charge on any atom is -0.349 e. The van der Waals surface area contributed by atoms with Gasteiger partial charge in [0.2, 0.25) is 0 Å². The lowest BCUT2D eigenvalue weighted by atomic mass is 10.1. The smallest absolute Gasteiger partial charge is 0.255 e. The summed E-state index contributed by atoms with van der Waals surface area (Å²) < 4.78 is 15.4. The number of pyridine rings is 1. The number of hydrogen-bond acceptors (Lipinski definition) is 4. The summed E-state index contributed by atoms with van der Waals surface area (Å²) in [5.41, 5.74) is 2.20. The van der Waals surface area contributed by atoms with Gasteiger partial charge in [0, 0.05) is 36.0 Å². The monoisotopic (exact) mass is 408 g/mol. The number of hydrogen-bond donors (Lipinski definition) is 2. The molecule has 0 aliphatic heterocycles. The van der Waals surface area contributed by atoms with Crippen LogP contribution in [0.15, 0.2) is 36.9 Å². The van der Waals surface area contributed by atoms with Crippen LogP contribution in [0.25, 0.3) is 27.7 Å². The summed E-state index contributed by atoms with van der Waals surface area (Å²) in [6.07, 6.45) is 7.85. The third kappa shape index (κ3) is 4.03. The average molecular weight is 408 g/mol. The highest BCUT2D eigenvalue weighted by atomic mass is 19.1. The highest BCUT2D eigenvalue weighted by Crippen LogP contribution is 2.29. The zero-order valence-corrected chi connectivity index (χ0v) is 17.5. The van der Waals surface area contributed by atoms with E-state index >= 15 is 0 Å². The van der Waals surface area contributed by atoms with Gasteiger partial charge >= 0.3 is 0 Å². The number of rotatable bonds is 6. The first-order valence-corrected chi connectivity index (χ1v) is 9.99. The molecule has 0 atom stereocenters. The number of amides is 1. The Balaban J connectivity index is 1.69. The van der Waals surface area contributed by atoms with Crippen molar-refractivity contribution < 1.29 is 9.18 Å². The number of halogens is 1. The van der Waals surface area contributed by atoms with Crippen molar-refractivity contribution in [2.24, 2.45) is 5.92 Å². The lowest BCUT2D eigenvalue weighted by molar-refractivity contribution is 0.0922. The van der Waals surface area contributed by atoms with Crippen LogP contribution in [0.1, 0.15) is 43.9 Å². The molecule has 0 aromatic carbocycles. The zero-order chi connectivity index (χ0) is 21.5. The Morgan fingerprint density at radius 1 is 1.33 bits per heavy atom. The summed E-state index contributed by atoms with van der Waals surface area (Å²) >= 11 is 0. The maximum Gasteiger partial charge on any atom is 0.255 e. The Morgan fingerprint density at radius 3 is 2.87 bits per heavy atom. The molecule has 0 fully saturated rings. The highest BCUT2D eigenvalue weighted by molar-refractivity contribution is 6.02. The van der Waals surface area contributed by atoms with E-state index in [4.69, 9.17) is 0 Å². The standard InChI is InChI=1S/C22H25FN6O/c1-13(2)7-19-24-10-16-15(9-25-20(16)28-19)14-5-6-29-18(8-14)17(11-27-29)21(30)26-12-22(3,4)23/h5-6,8-11,13H,7,12H2,1-4H3,(H,26,30)(H,24,25,28). The van der Waals surface area contributed by atoms with Gasteiger partial charge in [0.1, 0.15) is 17.1 Å². The van der Waals surface area contributed by atoms with Crippen molar-refractivity contribution in [1.82, 2.24) is 29.9 Å². The summed E-state index contributed by atoms with van der Waals surface area (Å²) in [4.78, 5) is 24.9. The van der Waals surface area contributed by atoms with Gasteiger partial charge in [-0.05, 0) is 37.5 Å². The van der Waals surface area contributed by atoms with Crippen LogP contribution in [0.3, 0.4) is 0 Å². The van der Waals surface area contributed by atoms with Gasteiger partial charge in [0.05, 0.1) is 23.8 Å². The normalized spacial score (nSPS) is 12.2. The predicted molar refractivity (Wildman–Crippen MR) is 114 cm³/mol. The molecule has 8 heteroatoms. The first-order chi connectivity index (χ1) is 14.2. The lowest BCUT2D eigenvalue weighted by Gasteiger charge is -2.14. The third-order valence-electron chi connectivity index (χ3n) is 4.82. The largest absolute Gasteiger partial charge is 0.349 e. The number of aromatic nitrogens is 5. The van der Waals surface area contributed by atoms with Gasteiger partial charge in [-0.25, -0.2) is 18.9 Å². The van der Waals surface area contributed by atoms with E-state index in [1.165, 1.54) is 20.0 Å². The van der Waals surface area contributed by atoms with Crippen molar-refractivity contribution in [2.45, 2.75) is 39.8 Å². The summed E-state index contributed by atoms with van der Waals surface area (Å²) in [5.74, 6) is 0.939. The molecule has 0 radical (unpaired) electrons. The Labute approximate surface area is 173 Å². The first kappa shape index (κ1) is 20.0. The molecule has 4 aromatic rings. The molecular weight excluding hydrogens is 383 g/mol. The van der Waals surface area contributed by atoms with Crippen LogP contribution in [0, 0.1) is 5.92 Å². The number of fused-ring (bicyclic) bond motifs is 2. The zero-order valence-electron chi connectivity index (χ0n) is 17.5. The van der Waals surface area contributed by atoms with Gasteiger partial charge in [0.15, 0.2) is 0 Å². The average Bonchev–Trinajstić information content (AvgIpc) is 3.28. The van der Waals surface area contributed by atoms with E-state index in [0.717, 1.165) is 34.4 Å². The van der Waals surface area contributed by atoms with E-state index in [2.05, 4.69) is 39.2 Å². The Hall–Kier alpha value is -3.29.